The van der Waals surface area contributed by atoms with Crippen molar-refractivity contribution in [3.05, 3.63) is 59.7 Å². The van der Waals surface area contributed by atoms with Crippen LogP contribution in [0.2, 0.25) is 0 Å². The van der Waals surface area contributed by atoms with Crippen molar-refractivity contribution >= 4 is 0 Å². The average Bonchev–Trinajstić information content (AvgIpc) is 2.83. The molecule has 0 radical (unpaired) electrons. The van der Waals surface area contributed by atoms with Crippen molar-refractivity contribution in [3.63, 3.8) is 0 Å². The molecule has 0 aliphatic rings. The number of hydrogen-bond donors (Lipinski definition) is 4. The Kier molecular flexibility index (Phi) is 13.7. The molecule has 0 fully saturated rings. The van der Waals surface area contributed by atoms with E-state index < -0.39 is 12.2 Å². The van der Waals surface area contributed by atoms with Gasteiger partial charge in [0.1, 0.15) is 17.6 Å². The highest BCUT2D eigenvalue weighted by atomic mass is 16.6. The first kappa shape index (κ1) is 30.0. The first-order valence-corrected chi connectivity index (χ1v) is 12.3. The molecular weight excluding hydrogens is 464 g/mol. The minimum atomic E-state index is -0.685. The van der Waals surface area contributed by atoms with Crippen LogP contribution in [0.4, 0.5) is 0 Å². The molecule has 0 heterocycles. The van der Waals surface area contributed by atoms with Gasteiger partial charge in [-0.2, -0.15) is 0 Å². The lowest BCUT2D eigenvalue weighted by molar-refractivity contribution is -0.0923. The molecule has 2 rings (SSSR count). The van der Waals surface area contributed by atoms with Crippen LogP contribution in [-0.2, 0) is 27.3 Å². The van der Waals surface area contributed by atoms with Crippen LogP contribution < -0.4 is 0 Å². The molecular formula is C27H42N2O7. The van der Waals surface area contributed by atoms with Crippen molar-refractivity contribution in [1.29, 1.82) is 0 Å². The zero-order valence-electron chi connectivity index (χ0n) is 21.6. The molecule has 0 aliphatic carbocycles. The summed E-state index contributed by atoms with van der Waals surface area (Å²) in [5.74, 6) is 0.457. The molecule has 9 heteroatoms. The van der Waals surface area contributed by atoms with E-state index in [1.165, 1.54) is 0 Å². The molecule has 2 aromatic rings. The quantitative estimate of drug-likeness (QED) is 0.240. The summed E-state index contributed by atoms with van der Waals surface area (Å²) in [7, 11) is 3.83. The highest BCUT2D eigenvalue weighted by Gasteiger charge is 2.16. The average molecular weight is 507 g/mol. The first-order valence-electron chi connectivity index (χ1n) is 12.3. The molecule has 0 bridgehead atoms. The van der Waals surface area contributed by atoms with Crippen LogP contribution in [0.3, 0.4) is 0 Å². The lowest BCUT2D eigenvalue weighted by Crippen LogP contribution is -2.36. The Hall–Kier alpha value is -2.24. The summed E-state index contributed by atoms with van der Waals surface area (Å²) in [4.78, 5) is 3.97. The van der Waals surface area contributed by atoms with Crippen LogP contribution in [0.15, 0.2) is 48.5 Å². The number of likely N-dealkylation sites (N-methyl/N-ethyl adjacent to an activating group) is 2. The summed E-state index contributed by atoms with van der Waals surface area (Å²) >= 11 is 0. The van der Waals surface area contributed by atoms with Crippen LogP contribution in [0.5, 0.6) is 11.5 Å². The SMILES string of the molecule is CCOCC(COCC(O)CN(C)Cc1ccc(O)cc1)OCC(O)CN(C)Cc1ccc(O)cc1. The molecule has 0 aliphatic heterocycles. The van der Waals surface area contributed by atoms with Gasteiger partial charge >= 0.3 is 0 Å². The Morgan fingerprint density at radius 1 is 0.667 bits per heavy atom. The number of phenolic OH excluding ortho intramolecular Hbond substituents is 2. The van der Waals surface area contributed by atoms with Gasteiger partial charge in [-0.05, 0) is 56.4 Å². The molecule has 36 heavy (non-hydrogen) atoms. The summed E-state index contributed by atoms with van der Waals surface area (Å²) < 4.78 is 17.0. The van der Waals surface area contributed by atoms with Crippen molar-refractivity contribution in [2.75, 3.05) is 60.2 Å². The van der Waals surface area contributed by atoms with Crippen LogP contribution in [-0.4, -0.2) is 109 Å². The molecule has 3 unspecified atom stereocenters. The zero-order valence-corrected chi connectivity index (χ0v) is 21.6. The van der Waals surface area contributed by atoms with E-state index in [9.17, 15) is 20.4 Å². The van der Waals surface area contributed by atoms with Crippen molar-refractivity contribution < 1.29 is 34.6 Å². The zero-order chi connectivity index (χ0) is 26.3. The second-order valence-electron chi connectivity index (χ2n) is 9.19. The standard InChI is InChI=1S/C27H42N2O7/c1-4-34-19-27(36-18-26(33)16-29(3)14-22-7-11-24(31)12-8-22)20-35-17-25(32)15-28(2)13-21-5-9-23(30)10-6-21/h5-12,25-27,30-33H,4,13-20H2,1-3H3. The van der Waals surface area contributed by atoms with E-state index in [0.717, 1.165) is 11.1 Å². The van der Waals surface area contributed by atoms with Gasteiger partial charge < -0.3 is 34.6 Å². The summed E-state index contributed by atoms with van der Waals surface area (Å²) in [6.07, 6.45) is -1.71. The van der Waals surface area contributed by atoms with E-state index >= 15 is 0 Å². The molecule has 3 atom stereocenters. The molecule has 0 saturated heterocycles. The van der Waals surface area contributed by atoms with E-state index in [1.807, 2.05) is 55.1 Å². The number of aliphatic hydroxyl groups excluding tert-OH is 2. The third-order valence-corrected chi connectivity index (χ3v) is 5.47. The van der Waals surface area contributed by atoms with Crippen LogP contribution in [0, 0.1) is 0 Å². The van der Waals surface area contributed by atoms with Gasteiger partial charge in [-0.3, -0.25) is 9.80 Å². The second-order valence-corrected chi connectivity index (χ2v) is 9.19. The van der Waals surface area contributed by atoms with E-state index in [1.54, 1.807) is 24.3 Å². The van der Waals surface area contributed by atoms with Crippen molar-refractivity contribution in [2.24, 2.45) is 0 Å². The first-order chi connectivity index (χ1) is 17.2. The Morgan fingerprint density at radius 2 is 1.11 bits per heavy atom. The van der Waals surface area contributed by atoms with Gasteiger partial charge in [-0.15, -0.1) is 0 Å². The normalized spacial score (nSPS) is 14.3. The maximum absolute atomic E-state index is 10.4. The molecule has 2 aromatic carbocycles. The smallest absolute Gasteiger partial charge is 0.115 e. The third-order valence-electron chi connectivity index (χ3n) is 5.47. The van der Waals surface area contributed by atoms with E-state index in [-0.39, 0.29) is 37.4 Å². The number of hydrogen-bond acceptors (Lipinski definition) is 9. The van der Waals surface area contributed by atoms with Gasteiger partial charge in [0, 0.05) is 32.8 Å². The number of benzene rings is 2. The Morgan fingerprint density at radius 3 is 1.58 bits per heavy atom. The maximum Gasteiger partial charge on any atom is 0.115 e. The number of aliphatic hydroxyl groups is 2. The monoisotopic (exact) mass is 506 g/mol. The van der Waals surface area contributed by atoms with E-state index in [2.05, 4.69) is 0 Å². The van der Waals surface area contributed by atoms with Gasteiger partial charge in [0.2, 0.25) is 0 Å². The molecule has 0 spiro atoms. The molecule has 0 amide bonds. The molecule has 202 valence electrons. The van der Waals surface area contributed by atoms with Crippen LogP contribution in [0.25, 0.3) is 0 Å². The van der Waals surface area contributed by atoms with Gasteiger partial charge in [0.05, 0.1) is 38.6 Å². The lowest BCUT2D eigenvalue weighted by Gasteiger charge is -2.24. The second kappa shape index (κ2) is 16.5. The highest BCUT2D eigenvalue weighted by molar-refractivity contribution is 5.26. The van der Waals surface area contributed by atoms with Gasteiger partial charge in [-0.25, -0.2) is 0 Å². The van der Waals surface area contributed by atoms with Crippen molar-refractivity contribution in [3.8, 4) is 11.5 Å². The fraction of sp³-hybridized carbons (Fsp3) is 0.556. The number of phenols is 2. The molecule has 4 N–H and O–H groups in total. The summed E-state index contributed by atoms with van der Waals surface area (Å²) in [6.45, 7) is 5.47. The minimum absolute atomic E-state index is 0.138. The number of aromatic hydroxyl groups is 2. The van der Waals surface area contributed by atoms with Gasteiger partial charge in [0.25, 0.3) is 0 Å². The topological polar surface area (TPSA) is 115 Å². The predicted octanol–water partition coefficient (Wildman–Crippen LogP) is 1.82. The van der Waals surface area contributed by atoms with Crippen molar-refractivity contribution in [1.82, 2.24) is 9.80 Å². The van der Waals surface area contributed by atoms with Gasteiger partial charge in [-0.1, -0.05) is 24.3 Å². The minimum Gasteiger partial charge on any atom is -0.508 e. The van der Waals surface area contributed by atoms with Crippen LogP contribution in [0.1, 0.15) is 18.1 Å². The predicted molar refractivity (Wildman–Crippen MR) is 138 cm³/mol. The lowest BCUT2D eigenvalue weighted by atomic mass is 10.2. The summed E-state index contributed by atoms with van der Waals surface area (Å²) in [5, 5.41) is 39.6. The van der Waals surface area contributed by atoms with E-state index in [4.69, 9.17) is 14.2 Å². The van der Waals surface area contributed by atoms with E-state index in [0.29, 0.717) is 39.4 Å². The number of rotatable bonds is 18. The molecule has 9 nitrogen and oxygen atoms in total. The van der Waals surface area contributed by atoms with Crippen LogP contribution >= 0.6 is 0 Å². The van der Waals surface area contributed by atoms with Gasteiger partial charge in [0.15, 0.2) is 0 Å². The fourth-order valence-electron chi connectivity index (χ4n) is 3.76. The largest absolute Gasteiger partial charge is 0.508 e. The van der Waals surface area contributed by atoms with Crippen molar-refractivity contribution in [2.45, 2.75) is 38.3 Å². The number of ether oxygens (including phenoxy) is 3. The summed E-state index contributed by atoms with van der Waals surface area (Å²) in [5.41, 5.74) is 2.08. The third kappa shape index (κ3) is 12.6. The maximum atomic E-state index is 10.4. The Labute approximate surface area is 214 Å². The molecule has 0 saturated carbocycles. The molecule has 0 aromatic heterocycles. The summed E-state index contributed by atoms with van der Waals surface area (Å²) in [6, 6.07) is 14.0. The Bertz CT molecular complexity index is 835. The fourth-order valence-corrected chi connectivity index (χ4v) is 3.76. The Balaban J connectivity index is 1.68. The number of nitrogens with zero attached hydrogens (tertiary/aromatic N) is 2. The highest BCUT2D eigenvalue weighted by Crippen LogP contribution is 2.12.